The van der Waals surface area contributed by atoms with Crippen LogP contribution in [-0.4, -0.2) is 11.6 Å². The fourth-order valence-corrected chi connectivity index (χ4v) is 1.04. The number of carbonyl (C=O) groups is 1. The van der Waals surface area contributed by atoms with Crippen molar-refractivity contribution in [2.24, 2.45) is 5.10 Å². The summed E-state index contributed by atoms with van der Waals surface area (Å²) in [4.78, 5) is 10.6. The predicted molar refractivity (Wildman–Crippen MR) is 57.2 cm³/mol. The van der Waals surface area contributed by atoms with Crippen LogP contribution >= 0.6 is 0 Å². The minimum absolute atomic E-state index is 0.217. The van der Waals surface area contributed by atoms with Crippen LogP contribution < -0.4 is 5.43 Å². The summed E-state index contributed by atoms with van der Waals surface area (Å²) in [7, 11) is 0. The average molecular weight is 201 g/mol. The van der Waals surface area contributed by atoms with Crippen LogP contribution in [0.25, 0.3) is 0 Å². The van der Waals surface area contributed by atoms with E-state index in [4.69, 9.17) is 5.26 Å². The zero-order chi connectivity index (χ0) is 11.3. The molecular formula is C11H11N3O. The van der Waals surface area contributed by atoms with Crippen molar-refractivity contribution in [2.45, 2.75) is 13.8 Å². The first-order valence-electron chi connectivity index (χ1n) is 4.45. The van der Waals surface area contributed by atoms with Crippen LogP contribution in [0.3, 0.4) is 0 Å². The maximum absolute atomic E-state index is 10.6. The van der Waals surface area contributed by atoms with E-state index in [0.29, 0.717) is 11.3 Å². The van der Waals surface area contributed by atoms with E-state index >= 15 is 0 Å². The number of nitrogens with one attached hydrogen (secondary N) is 1. The van der Waals surface area contributed by atoms with E-state index in [9.17, 15) is 4.79 Å². The van der Waals surface area contributed by atoms with Crippen LogP contribution in [-0.2, 0) is 4.79 Å². The molecule has 4 heteroatoms. The molecule has 0 saturated heterocycles. The first-order chi connectivity index (χ1) is 7.13. The van der Waals surface area contributed by atoms with E-state index in [1.54, 1.807) is 25.1 Å². The maximum Gasteiger partial charge on any atom is 0.236 e. The normalized spacial score (nSPS) is 10.6. The summed E-state index contributed by atoms with van der Waals surface area (Å²) >= 11 is 0. The summed E-state index contributed by atoms with van der Waals surface area (Å²) in [6.07, 6.45) is 0. The molecule has 1 N–H and O–H groups in total. The molecule has 1 aromatic rings. The number of benzene rings is 1. The molecule has 4 nitrogen and oxygen atoms in total. The molecule has 0 bridgehead atoms. The molecule has 15 heavy (non-hydrogen) atoms. The Morgan fingerprint density at radius 3 is 2.80 bits per heavy atom. The van der Waals surface area contributed by atoms with Gasteiger partial charge in [-0.1, -0.05) is 12.1 Å². The van der Waals surface area contributed by atoms with Gasteiger partial charge in [-0.3, -0.25) is 4.79 Å². The van der Waals surface area contributed by atoms with E-state index in [0.717, 1.165) is 5.56 Å². The van der Waals surface area contributed by atoms with Gasteiger partial charge in [-0.15, -0.1) is 0 Å². The van der Waals surface area contributed by atoms with Crippen molar-refractivity contribution < 1.29 is 4.79 Å². The summed E-state index contributed by atoms with van der Waals surface area (Å²) in [5, 5.41) is 12.6. The third-order valence-corrected chi connectivity index (χ3v) is 1.79. The number of nitriles is 1. The second kappa shape index (κ2) is 4.91. The Morgan fingerprint density at radius 2 is 2.20 bits per heavy atom. The van der Waals surface area contributed by atoms with Gasteiger partial charge in [0.15, 0.2) is 0 Å². The quantitative estimate of drug-likeness (QED) is 0.581. The minimum atomic E-state index is -0.217. The Bertz CT molecular complexity index is 443. The molecule has 1 rings (SSSR count). The molecule has 1 amide bonds. The molecule has 0 radical (unpaired) electrons. The van der Waals surface area contributed by atoms with Crippen molar-refractivity contribution in [1.29, 1.82) is 5.26 Å². The van der Waals surface area contributed by atoms with Gasteiger partial charge in [-0.25, -0.2) is 5.43 Å². The van der Waals surface area contributed by atoms with Crippen LogP contribution in [0.1, 0.15) is 25.0 Å². The van der Waals surface area contributed by atoms with Crippen LogP contribution in [0.2, 0.25) is 0 Å². The highest BCUT2D eigenvalue weighted by molar-refractivity contribution is 5.99. The third kappa shape index (κ3) is 3.24. The standard InChI is InChI=1S/C11H11N3O/c1-8(13-14-9(2)15)11-5-3-4-10(6-11)7-12/h3-6H,1-2H3,(H,14,15)/b13-8+. The molecule has 1 aromatic carbocycles. The molecular weight excluding hydrogens is 190 g/mol. The van der Waals surface area contributed by atoms with Gasteiger partial charge in [-0.05, 0) is 24.6 Å². The van der Waals surface area contributed by atoms with Crippen molar-refractivity contribution in [1.82, 2.24) is 5.43 Å². The molecule has 76 valence electrons. The highest BCUT2D eigenvalue weighted by atomic mass is 16.2. The fraction of sp³-hybridized carbons (Fsp3) is 0.182. The smallest absolute Gasteiger partial charge is 0.236 e. The lowest BCUT2D eigenvalue weighted by Crippen LogP contribution is -2.15. The number of carbonyl (C=O) groups excluding carboxylic acids is 1. The SMILES string of the molecule is CC(=O)N/N=C(\C)c1cccc(C#N)c1. The first kappa shape index (κ1) is 10.9. The minimum Gasteiger partial charge on any atom is -0.274 e. The number of amides is 1. The molecule has 0 heterocycles. The number of rotatable bonds is 2. The van der Waals surface area contributed by atoms with Gasteiger partial charge < -0.3 is 0 Å². The van der Waals surface area contributed by atoms with Gasteiger partial charge in [0.2, 0.25) is 5.91 Å². The summed E-state index contributed by atoms with van der Waals surface area (Å²) in [5.74, 6) is -0.217. The topological polar surface area (TPSA) is 65.2 Å². The lowest BCUT2D eigenvalue weighted by Gasteiger charge is -2.00. The summed E-state index contributed by atoms with van der Waals surface area (Å²) in [6, 6.07) is 9.10. The van der Waals surface area contributed by atoms with Gasteiger partial charge in [0, 0.05) is 6.92 Å². The van der Waals surface area contributed by atoms with Gasteiger partial charge in [0.1, 0.15) is 0 Å². The Hall–Kier alpha value is -2.15. The van der Waals surface area contributed by atoms with Crippen LogP contribution in [0.15, 0.2) is 29.4 Å². The fourth-order valence-electron chi connectivity index (χ4n) is 1.04. The Labute approximate surface area is 88.2 Å². The molecule has 0 aliphatic heterocycles. The van der Waals surface area contributed by atoms with E-state index in [1.807, 2.05) is 12.1 Å². The average Bonchev–Trinajstić information content (AvgIpc) is 2.26. The predicted octanol–water partition coefficient (Wildman–Crippen LogP) is 1.42. The maximum atomic E-state index is 10.6. The third-order valence-electron chi connectivity index (χ3n) is 1.79. The number of hydrogen-bond acceptors (Lipinski definition) is 3. The van der Waals surface area contributed by atoms with E-state index in [1.165, 1.54) is 6.92 Å². The molecule has 0 fully saturated rings. The van der Waals surface area contributed by atoms with Crippen LogP contribution in [0, 0.1) is 11.3 Å². The Kier molecular flexibility index (Phi) is 3.58. The van der Waals surface area contributed by atoms with Crippen molar-refractivity contribution in [2.75, 3.05) is 0 Å². The largest absolute Gasteiger partial charge is 0.274 e. The van der Waals surface area contributed by atoms with E-state index in [2.05, 4.69) is 10.5 Å². The molecule has 0 aliphatic rings. The molecule has 0 atom stereocenters. The summed E-state index contributed by atoms with van der Waals surface area (Å²) < 4.78 is 0. The van der Waals surface area contributed by atoms with Gasteiger partial charge in [-0.2, -0.15) is 10.4 Å². The van der Waals surface area contributed by atoms with Gasteiger partial charge in [0.25, 0.3) is 0 Å². The monoisotopic (exact) mass is 201 g/mol. The van der Waals surface area contributed by atoms with Crippen molar-refractivity contribution in [3.63, 3.8) is 0 Å². The van der Waals surface area contributed by atoms with Gasteiger partial charge >= 0.3 is 0 Å². The van der Waals surface area contributed by atoms with Crippen LogP contribution in [0.4, 0.5) is 0 Å². The second-order valence-electron chi connectivity index (χ2n) is 3.06. The second-order valence-corrected chi connectivity index (χ2v) is 3.06. The number of nitrogens with zero attached hydrogens (tertiary/aromatic N) is 2. The first-order valence-corrected chi connectivity index (χ1v) is 4.45. The highest BCUT2D eigenvalue weighted by Crippen LogP contribution is 2.05. The summed E-state index contributed by atoms with van der Waals surface area (Å²) in [5.41, 5.74) is 4.41. The molecule has 0 aromatic heterocycles. The Balaban J connectivity index is 2.91. The Morgan fingerprint density at radius 1 is 1.47 bits per heavy atom. The number of hydrazone groups is 1. The van der Waals surface area contributed by atoms with Crippen molar-refractivity contribution >= 4 is 11.6 Å². The molecule has 0 spiro atoms. The highest BCUT2D eigenvalue weighted by Gasteiger charge is 1.99. The summed E-state index contributed by atoms with van der Waals surface area (Å²) in [6.45, 7) is 3.16. The van der Waals surface area contributed by atoms with Crippen LogP contribution in [0.5, 0.6) is 0 Å². The molecule has 0 unspecified atom stereocenters. The zero-order valence-electron chi connectivity index (χ0n) is 8.61. The van der Waals surface area contributed by atoms with Crippen molar-refractivity contribution in [3.8, 4) is 6.07 Å². The molecule has 0 aliphatic carbocycles. The van der Waals surface area contributed by atoms with E-state index in [-0.39, 0.29) is 5.91 Å². The van der Waals surface area contributed by atoms with Crippen molar-refractivity contribution in [3.05, 3.63) is 35.4 Å². The lowest BCUT2D eigenvalue weighted by molar-refractivity contribution is -0.118. The van der Waals surface area contributed by atoms with E-state index < -0.39 is 0 Å². The zero-order valence-corrected chi connectivity index (χ0v) is 8.61. The number of hydrogen-bond donors (Lipinski definition) is 1. The molecule has 0 saturated carbocycles. The lowest BCUT2D eigenvalue weighted by atomic mass is 10.1. The van der Waals surface area contributed by atoms with Gasteiger partial charge in [0.05, 0.1) is 17.3 Å².